The fourth-order valence-electron chi connectivity index (χ4n) is 2.17. The Hall–Kier alpha value is -3.10. The molecule has 2 N–H and O–H groups in total. The first-order valence-electron chi connectivity index (χ1n) is 6.32. The standard InChI is InChI=1S/C14H8F3N3O3/c15-14(16,17)8-5-9-10(19-13(23)12(22)18-9)6-11(8)20-3-1-7(21)2-4-20/h1-6H,(H,18,22)(H,19,23). The lowest BCUT2D eigenvalue weighted by molar-refractivity contribution is -0.137. The summed E-state index contributed by atoms with van der Waals surface area (Å²) in [6, 6.07) is 4.04. The zero-order valence-electron chi connectivity index (χ0n) is 11.3. The third kappa shape index (κ3) is 2.68. The van der Waals surface area contributed by atoms with Crippen LogP contribution in [-0.2, 0) is 6.18 Å². The van der Waals surface area contributed by atoms with E-state index in [0.29, 0.717) is 0 Å². The van der Waals surface area contributed by atoms with Gasteiger partial charge in [0.15, 0.2) is 5.43 Å². The van der Waals surface area contributed by atoms with Gasteiger partial charge in [0.25, 0.3) is 0 Å². The molecule has 0 bridgehead atoms. The van der Waals surface area contributed by atoms with Crippen LogP contribution in [0, 0.1) is 0 Å². The van der Waals surface area contributed by atoms with E-state index in [1.54, 1.807) is 0 Å². The van der Waals surface area contributed by atoms with Crippen molar-refractivity contribution in [1.29, 1.82) is 0 Å². The highest BCUT2D eigenvalue weighted by Crippen LogP contribution is 2.35. The van der Waals surface area contributed by atoms with Crippen molar-refractivity contribution in [1.82, 2.24) is 14.5 Å². The number of aromatic nitrogens is 3. The second kappa shape index (κ2) is 4.97. The molecular formula is C14H8F3N3O3. The molecule has 9 heteroatoms. The summed E-state index contributed by atoms with van der Waals surface area (Å²) in [5.74, 6) is 0. The van der Waals surface area contributed by atoms with Crippen molar-refractivity contribution < 1.29 is 13.2 Å². The fourth-order valence-corrected chi connectivity index (χ4v) is 2.17. The second-order valence-corrected chi connectivity index (χ2v) is 4.76. The molecule has 2 aromatic heterocycles. The number of benzene rings is 1. The van der Waals surface area contributed by atoms with Crippen LogP contribution in [-0.4, -0.2) is 14.5 Å². The third-order valence-corrected chi connectivity index (χ3v) is 3.22. The second-order valence-electron chi connectivity index (χ2n) is 4.76. The normalized spacial score (nSPS) is 11.8. The quantitative estimate of drug-likeness (QED) is 0.663. The van der Waals surface area contributed by atoms with E-state index in [1.807, 2.05) is 0 Å². The Balaban J connectivity index is 2.40. The van der Waals surface area contributed by atoms with Crippen LogP contribution in [0.15, 0.2) is 51.0 Å². The van der Waals surface area contributed by atoms with E-state index in [9.17, 15) is 27.6 Å². The molecule has 0 saturated carbocycles. The predicted octanol–water partition coefficient (Wildman–Crippen LogP) is 1.39. The van der Waals surface area contributed by atoms with Crippen molar-refractivity contribution in [3.8, 4) is 5.69 Å². The number of alkyl halides is 3. The molecule has 0 aliphatic rings. The summed E-state index contributed by atoms with van der Waals surface area (Å²) < 4.78 is 41.0. The van der Waals surface area contributed by atoms with Gasteiger partial charge in [-0.15, -0.1) is 0 Å². The van der Waals surface area contributed by atoms with E-state index in [4.69, 9.17) is 0 Å². The molecule has 0 aliphatic heterocycles. The van der Waals surface area contributed by atoms with Gasteiger partial charge in [-0.05, 0) is 12.1 Å². The molecule has 6 nitrogen and oxygen atoms in total. The number of halogens is 3. The van der Waals surface area contributed by atoms with Crippen molar-refractivity contribution in [2.75, 3.05) is 0 Å². The highest BCUT2D eigenvalue weighted by atomic mass is 19.4. The minimum Gasteiger partial charge on any atom is -0.323 e. The summed E-state index contributed by atoms with van der Waals surface area (Å²) in [5, 5.41) is 0. The predicted molar refractivity (Wildman–Crippen MR) is 75.8 cm³/mol. The molecule has 3 aromatic rings. The molecule has 0 saturated heterocycles. The number of nitrogens with one attached hydrogen (secondary N) is 2. The minimum atomic E-state index is -4.69. The maximum atomic E-state index is 13.3. The number of hydrogen-bond acceptors (Lipinski definition) is 3. The van der Waals surface area contributed by atoms with Crippen molar-refractivity contribution in [3.63, 3.8) is 0 Å². The Morgan fingerprint density at radius 3 is 1.91 bits per heavy atom. The van der Waals surface area contributed by atoms with Crippen LogP contribution < -0.4 is 16.5 Å². The van der Waals surface area contributed by atoms with Crippen LogP contribution in [0.25, 0.3) is 16.7 Å². The molecule has 0 aliphatic carbocycles. The summed E-state index contributed by atoms with van der Waals surface area (Å²) in [6.45, 7) is 0. The SMILES string of the molecule is O=c1ccn(-c2cc3[nH]c(=O)c(=O)[nH]c3cc2C(F)(F)F)cc1. The average molecular weight is 323 g/mol. The van der Waals surface area contributed by atoms with Crippen molar-refractivity contribution in [3.05, 3.63) is 73.2 Å². The van der Waals surface area contributed by atoms with E-state index >= 15 is 0 Å². The van der Waals surface area contributed by atoms with Gasteiger partial charge in [-0.3, -0.25) is 14.4 Å². The van der Waals surface area contributed by atoms with Crippen LogP contribution in [0.1, 0.15) is 5.56 Å². The number of aromatic amines is 2. The van der Waals surface area contributed by atoms with Gasteiger partial charge in [0.2, 0.25) is 0 Å². The minimum absolute atomic E-state index is 0.0382. The van der Waals surface area contributed by atoms with Gasteiger partial charge in [0, 0.05) is 24.5 Å². The molecular weight excluding hydrogens is 315 g/mol. The summed E-state index contributed by atoms with van der Waals surface area (Å²) >= 11 is 0. The van der Waals surface area contributed by atoms with Crippen LogP contribution in [0.2, 0.25) is 0 Å². The molecule has 0 radical (unpaired) electrons. The number of pyridine rings is 1. The van der Waals surface area contributed by atoms with Crippen molar-refractivity contribution in [2.45, 2.75) is 6.18 Å². The number of H-pyrrole nitrogens is 2. The molecule has 0 amide bonds. The first-order valence-corrected chi connectivity index (χ1v) is 6.32. The van der Waals surface area contributed by atoms with Gasteiger partial charge in [-0.1, -0.05) is 0 Å². The molecule has 1 aromatic carbocycles. The Bertz CT molecular complexity index is 1060. The highest BCUT2D eigenvalue weighted by Gasteiger charge is 2.34. The first kappa shape index (κ1) is 14.8. The van der Waals surface area contributed by atoms with E-state index in [-0.39, 0.29) is 22.1 Å². The lowest BCUT2D eigenvalue weighted by Crippen LogP contribution is -2.29. The fraction of sp³-hybridized carbons (Fsp3) is 0.0714. The van der Waals surface area contributed by atoms with Gasteiger partial charge < -0.3 is 14.5 Å². The Morgan fingerprint density at radius 1 is 0.870 bits per heavy atom. The maximum Gasteiger partial charge on any atom is 0.418 e. The number of fused-ring (bicyclic) bond motifs is 1. The van der Waals surface area contributed by atoms with E-state index in [1.165, 1.54) is 12.4 Å². The molecule has 118 valence electrons. The molecule has 3 rings (SSSR count). The molecule has 0 spiro atoms. The summed E-state index contributed by atoms with van der Waals surface area (Å²) in [5.41, 5.74) is -3.77. The van der Waals surface area contributed by atoms with Crippen LogP contribution >= 0.6 is 0 Å². The van der Waals surface area contributed by atoms with Gasteiger partial charge in [-0.25, -0.2) is 0 Å². The van der Waals surface area contributed by atoms with Crippen LogP contribution in [0.4, 0.5) is 13.2 Å². The molecule has 2 heterocycles. The average Bonchev–Trinajstić information content (AvgIpc) is 2.47. The topological polar surface area (TPSA) is 87.7 Å². The van der Waals surface area contributed by atoms with E-state index < -0.39 is 22.9 Å². The van der Waals surface area contributed by atoms with Crippen LogP contribution in [0.3, 0.4) is 0 Å². The Kier molecular flexibility index (Phi) is 3.20. The Morgan fingerprint density at radius 2 is 1.39 bits per heavy atom. The zero-order valence-corrected chi connectivity index (χ0v) is 11.3. The van der Waals surface area contributed by atoms with Crippen molar-refractivity contribution in [2.24, 2.45) is 0 Å². The summed E-state index contributed by atoms with van der Waals surface area (Å²) in [6.07, 6.45) is -2.33. The molecule has 0 fully saturated rings. The highest BCUT2D eigenvalue weighted by molar-refractivity contribution is 5.78. The third-order valence-electron chi connectivity index (χ3n) is 3.22. The monoisotopic (exact) mass is 323 g/mol. The largest absolute Gasteiger partial charge is 0.418 e. The number of rotatable bonds is 1. The summed E-state index contributed by atoms with van der Waals surface area (Å²) in [4.78, 5) is 38.0. The molecule has 0 unspecified atom stereocenters. The zero-order chi connectivity index (χ0) is 16.8. The number of nitrogens with zero attached hydrogens (tertiary/aromatic N) is 1. The van der Waals surface area contributed by atoms with Gasteiger partial charge >= 0.3 is 17.3 Å². The molecule has 23 heavy (non-hydrogen) atoms. The maximum absolute atomic E-state index is 13.3. The van der Waals surface area contributed by atoms with Crippen LogP contribution in [0.5, 0.6) is 0 Å². The smallest absolute Gasteiger partial charge is 0.323 e. The van der Waals surface area contributed by atoms with Gasteiger partial charge in [0.05, 0.1) is 22.3 Å². The first-order chi connectivity index (χ1) is 10.8. The molecule has 0 atom stereocenters. The van der Waals surface area contributed by atoms with Gasteiger partial charge in [0.1, 0.15) is 0 Å². The van der Waals surface area contributed by atoms with E-state index in [0.717, 1.165) is 28.8 Å². The Labute approximate surface area is 124 Å². The lowest BCUT2D eigenvalue weighted by Gasteiger charge is -2.16. The summed E-state index contributed by atoms with van der Waals surface area (Å²) in [7, 11) is 0. The van der Waals surface area contributed by atoms with E-state index in [2.05, 4.69) is 9.97 Å². The number of hydrogen-bond donors (Lipinski definition) is 2. The van der Waals surface area contributed by atoms with Gasteiger partial charge in [-0.2, -0.15) is 13.2 Å². The van der Waals surface area contributed by atoms with Crippen molar-refractivity contribution >= 4 is 11.0 Å². The lowest BCUT2D eigenvalue weighted by atomic mass is 10.1.